The molecule has 3 aromatic rings. The first-order chi connectivity index (χ1) is 11.7. The topological polar surface area (TPSA) is 78.1 Å². The van der Waals surface area contributed by atoms with Gasteiger partial charge in [-0.15, -0.1) is 0 Å². The average molecular weight is 326 g/mol. The van der Waals surface area contributed by atoms with Gasteiger partial charge in [0.15, 0.2) is 11.5 Å². The smallest absolute Gasteiger partial charge is 0.307 e. The van der Waals surface area contributed by atoms with Crippen molar-refractivity contribution >= 4 is 16.9 Å². The van der Waals surface area contributed by atoms with Gasteiger partial charge in [-0.3, -0.25) is 4.79 Å². The summed E-state index contributed by atoms with van der Waals surface area (Å²) in [6, 6.07) is 10.8. The SMILES string of the molecule is COc1ccc(-c2oc3cc4c(cc3c2CC(=O)O)OCO4)cc1. The summed E-state index contributed by atoms with van der Waals surface area (Å²) in [4.78, 5) is 11.3. The molecule has 2 aromatic carbocycles. The zero-order chi connectivity index (χ0) is 16.7. The summed E-state index contributed by atoms with van der Waals surface area (Å²) in [5.74, 6) is 1.51. The molecular formula is C18H14O6. The maximum atomic E-state index is 11.3. The summed E-state index contributed by atoms with van der Waals surface area (Å²) < 4.78 is 21.8. The number of carboxylic acids is 1. The lowest BCUT2D eigenvalue weighted by Gasteiger charge is -2.03. The van der Waals surface area contributed by atoms with E-state index in [-0.39, 0.29) is 13.2 Å². The van der Waals surface area contributed by atoms with Crippen LogP contribution in [0.1, 0.15) is 5.56 Å². The van der Waals surface area contributed by atoms with Crippen LogP contribution in [0.3, 0.4) is 0 Å². The van der Waals surface area contributed by atoms with Crippen LogP contribution < -0.4 is 14.2 Å². The quantitative estimate of drug-likeness (QED) is 0.791. The van der Waals surface area contributed by atoms with E-state index in [0.717, 1.165) is 11.3 Å². The Morgan fingerprint density at radius 2 is 1.88 bits per heavy atom. The molecule has 4 rings (SSSR count). The molecule has 1 aliphatic heterocycles. The number of benzene rings is 2. The fourth-order valence-corrected chi connectivity index (χ4v) is 2.84. The first-order valence-electron chi connectivity index (χ1n) is 7.37. The van der Waals surface area contributed by atoms with Crippen LogP contribution in [0.2, 0.25) is 0 Å². The number of fused-ring (bicyclic) bond motifs is 2. The minimum absolute atomic E-state index is 0.145. The Kier molecular flexibility index (Phi) is 3.30. The second kappa shape index (κ2) is 5.49. The molecule has 6 heteroatoms. The summed E-state index contributed by atoms with van der Waals surface area (Å²) in [7, 11) is 1.59. The maximum absolute atomic E-state index is 11.3. The van der Waals surface area contributed by atoms with Crippen molar-refractivity contribution in [3.8, 4) is 28.6 Å². The molecule has 0 radical (unpaired) electrons. The minimum atomic E-state index is -0.926. The van der Waals surface area contributed by atoms with Gasteiger partial charge in [-0.1, -0.05) is 0 Å². The lowest BCUT2D eigenvalue weighted by atomic mass is 10.0. The Morgan fingerprint density at radius 3 is 2.54 bits per heavy atom. The molecule has 0 unspecified atom stereocenters. The van der Waals surface area contributed by atoms with Gasteiger partial charge in [0, 0.05) is 22.6 Å². The van der Waals surface area contributed by atoms with Gasteiger partial charge in [0.05, 0.1) is 13.5 Å². The van der Waals surface area contributed by atoms with E-state index < -0.39 is 5.97 Å². The number of carbonyl (C=O) groups is 1. The van der Waals surface area contributed by atoms with E-state index in [9.17, 15) is 9.90 Å². The Labute approximate surface area is 137 Å². The van der Waals surface area contributed by atoms with E-state index in [1.165, 1.54) is 0 Å². The molecule has 0 aliphatic carbocycles. The second-order valence-corrected chi connectivity index (χ2v) is 5.41. The number of aliphatic carboxylic acids is 1. The highest BCUT2D eigenvalue weighted by atomic mass is 16.7. The minimum Gasteiger partial charge on any atom is -0.497 e. The van der Waals surface area contributed by atoms with Gasteiger partial charge in [0.25, 0.3) is 0 Å². The van der Waals surface area contributed by atoms with E-state index in [1.807, 2.05) is 12.1 Å². The fourth-order valence-electron chi connectivity index (χ4n) is 2.84. The van der Waals surface area contributed by atoms with Crippen LogP contribution in [0, 0.1) is 0 Å². The second-order valence-electron chi connectivity index (χ2n) is 5.41. The molecule has 0 atom stereocenters. The lowest BCUT2D eigenvalue weighted by molar-refractivity contribution is -0.136. The van der Waals surface area contributed by atoms with Gasteiger partial charge in [0.1, 0.15) is 17.1 Å². The van der Waals surface area contributed by atoms with Crippen molar-refractivity contribution in [3.63, 3.8) is 0 Å². The average Bonchev–Trinajstić information content (AvgIpc) is 3.17. The monoisotopic (exact) mass is 326 g/mol. The van der Waals surface area contributed by atoms with Crippen LogP contribution in [0.5, 0.6) is 17.2 Å². The molecule has 6 nitrogen and oxygen atoms in total. The molecule has 0 fully saturated rings. The van der Waals surface area contributed by atoms with E-state index in [0.29, 0.717) is 33.8 Å². The van der Waals surface area contributed by atoms with Crippen molar-refractivity contribution < 1.29 is 28.5 Å². The predicted molar refractivity (Wildman–Crippen MR) is 85.7 cm³/mol. The van der Waals surface area contributed by atoms with Gasteiger partial charge >= 0.3 is 5.97 Å². The van der Waals surface area contributed by atoms with Gasteiger partial charge in [-0.05, 0) is 30.3 Å². The van der Waals surface area contributed by atoms with E-state index in [4.69, 9.17) is 18.6 Å². The number of ether oxygens (including phenoxy) is 3. The zero-order valence-electron chi connectivity index (χ0n) is 12.9. The van der Waals surface area contributed by atoms with Gasteiger partial charge in [0.2, 0.25) is 6.79 Å². The lowest BCUT2D eigenvalue weighted by Crippen LogP contribution is -2.00. The number of methoxy groups -OCH3 is 1. The molecule has 1 aliphatic rings. The highest BCUT2D eigenvalue weighted by Gasteiger charge is 2.23. The third-order valence-corrected chi connectivity index (χ3v) is 3.97. The Hall–Kier alpha value is -3.15. The Balaban J connectivity index is 1.91. The van der Waals surface area contributed by atoms with E-state index >= 15 is 0 Å². The number of rotatable bonds is 4. The maximum Gasteiger partial charge on any atom is 0.307 e. The van der Waals surface area contributed by atoms with Crippen molar-refractivity contribution in [2.45, 2.75) is 6.42 Å². The summed E-state index contributed by atoms with van der Waals surface area (Å²) in [5.41, 5.74) is 1.97. The number of hydrogen-bond donors (Lipinski definition) is 1. The predicted octanol–water partition coefficient (Wildman–Crippen LogP) is 3.46. The van der Waals surface area contributed by atoms with Crippen LogP contribution in [-0.4, -0.2) is 25.0 Å². The molecule has 0 saturated carbocycles. The molecule has 122 valence electrons. The first kappa shape index (κ1) is 14.4. The van der Waals surface area contributed by atoms with Gasteiger partial charge in [-0.25, -0.2) is 0 Å². The van der Waals surface area contributed by atoms with E-state index in [2.05, 4.69) is 0 Å². The van der Waals surface area contributed by atoms with Gasteiger partial charge < -0.3 is 23.7 Å². The molecule has 24 heavy (non-hydrogen) atoms. The van der Waals surface area contributed by atoms with Crippen LogP contribution in [0.15, 0.2) is 40.8 Å². The highest BCUT2D eigenvalue weighted by molar-refractivity contribution is 5.93. The van der Waals surface area contributed by atoms with Crippen LogP contribution in [0.25, 0.3) is 22.3 Å². The summed E-state index contributed by atoms with van der Waals surface area (Å²) >= 11 is 0. The Morgan fingerprint density at radius 1 is 1.17 bits per heavy atom. The number of carboxylic acid groups (broad SMARTS) is 1. The molecule has 1 aromatic heterocycles. The zero-order valence-corrected chi connectivity index (χ0v) is 12.9. The summed E-state index contributed by atoms with van der Waals surface area (Å²) in [6.45, 7) is 0.154. The summed E-state index contributed by atoms with van der Waals surface area (Å²) in [6.07, 6.45) is -0.145. The third kappa shape index (κ3) is 2.32. The highest BCUT2D eigenvalue weighted by Crippen LogP contribution is 2.42. The molecule has 0 spiro atoms. The third-order valence-electron chi connectivity index (χ3n) is 3.97. The van der Waals surface area contributed by atoms with Crippen molar-refractivity contribution in [3.05, 3.63) is 42.0 Å². The van der Waals surface area contributed by atoms with Crippen LogP contribution in [-0.2, 0) is 11.2 Å². The van der Waals surface area contributed by atoms with Crippen molar-refractivity contribution in [1.29, 1.82) is 0 Å². The molecule has 0 bridgehead atoms. The van der Waals surface area contributed by atoms with E-state index in [1.54, 1.807) is 31.4 Å². The molecule has 0 amide bonds. The number of hydrogen-bond acceptors (Lipinski definition) is 5. The van der Waals surface area contributed by atoms with Crippen molar-refractivity contribution in [2.75, 3.05) is 13.9 Å². The van der Waals surface area contributed by atoms with Crippen molar-refractivity contribution in [2.24, 2.45) is 0 Å². The normalized spacial score (nSPS) is 12.5. The molecule has 0 saturated heterocycles. The molecule has 2 heterocycles. The standard InChI is InChI=1S/C18H14O6/c1-21-11-4-2-10(3-5-11)18-13(7-17(19)20)12-6-15-16(23-9-22-15)8-14(12)24-18/h2-6,8H,7,9H2,1H3,(H,19,20). The first-order valence-corrected chi connectivity index (χ1v) is 7.37. The largest absolute Gasteiger partial charge is 0.497 e. The number of furan rings is 1. The van der Waals surface area contributed by atoms with Crippen molar-refractivity contribution in [1.82, 2.24) is 0 Å². The van der Waals surface area contributed by atoms with Gasteiger partial charge in [-0.2, -0.15) is 0 Å². The van der Waals surface area contributed by atoms with Crippen LogP contribution in [0.4, 0.5) is 0 Å². The molecular weight excluding hydrogens is 312 g/mol. The summed E-state index contributed by atoms with van der Waals surface area (Å²) in [5, 5.41) is 9.99. The van der Waals surface area contributed by atoms with Crippen LogP contribution >= 0.6 is 0 Å². The molecule has 1 N–H and O–H groups in total. The Bertz CT molecular complexity index is 923. The fraction of sp³-hybridized carbons (Fsp3) is 0.167.